The minimum Gasteiger partial charge on any atom is -0.369 e. The van der Waals surface area contributed by atoms with E-state index in [1.165, 1.54) is 4.68 Å². The standard InChI is InChI=1S/C17H19Cl2N3O/c1-12-6-8-21(9-7-12)15-10-20-22(17(23)16(15)19)11-13-4-2-3-5-14(13)18/h2-5,10,12H,6-9,11H2,1H3. The first kappa shape index (κ1) is 16.3. The normalized spacial score (nSPS) is 15.9. The quantitative estimate of drug-likeness (QED) is 0.843. The Labute approximate surface area is 145 Å². The molecule has 23 heavy (non-hydrogen) atoms. The summed E-state index contributed by atoms with van der Waals surface area (Å²) >= 11 is 12.5. The highest BCUT2D eigenvalue weighted by molar-refractivity contribution is 6.33. The maximum atomic E-state index is 12.5. The zero-order chi connectivity index (χ0) is 16.4. The topological polar surface area (TPSA) is 38.1 Å². The molecule has 0 N–H and O–H groups in total. The van der Waals surface area contributed by atoms with Gasteiger partial charge in [-0.25, -0.2) is 4.68 Å². The summed E-state index contributed by atoms with van der Waals surface area (Å²) in [5.41, 5.74) is 1.31. The third kappa shape index (κ3) is 3.54. The molecule has 1 aromatic heterocycles. The molecule has 4 nitrogen and oxygen atoms in total. The maximum Gasteiger partial charge on any atom is 0.287 e. The highest BCUT2D eigenvalue weighted by Gasteiger charge is 2.20. The third-order valence-electron chi connectivity index (χ3n) is 4.37. The van der Waals surface area contributed by atoms with Gasteiger partial charge in [0.1, 0.15) is 5.02 Å². The van der Waals surface area contributed by atoms with Gasteiger partial charge < -0.3 is 4.90 Å². The van der Waals surface area contributed by atoms with Crippen LogP contribution < -0.4 is 10.5 Å². The number of hydrogen-bond acceptors (Lipinski definition) is 3. The monoisotopic (exact) mass is 351 g/mol. The molecule has 1 fully saturated rings. The Morgan fingerprint density at radius 1 is 1.22 bits per heavy atom. The second-order valence-corrected chi connectivity index (χ2v) is 6.85. The van der Waals surface area contributed by atoms with Gasteiger partial charge in [-0.3, -0.25) is 4.79 Å². The van der Waals surface area contributed by atoms with Gasteiger partial charge in [-0.05, 0) is 30.4 Å². The van der Waals surface area contributed by atoms with Gasteiger partial charge >= 0.3 is 0 Å². The molecule has 122 valence electrons. The molecule has 1 saturated heterocycles. The van der Waals surface area contributed by atoms with E-state index in [9.17, 15) is 4.79 Å². The zero-order valence-corrected chi connectivity index (χ0v) is 14.5. The Balaban J connectivity index is 1.86. The summed E-state index contributed by atoms with van der Waals surface area (Å²) in [6, 6.07) is 7.42. The lowest BCUT2D eigenvalue weighted by molar-refractivity contribution is 0.437. The van der Waals surface area contributed by atoms with E-state index >= 15 is 0 Å². The smallest absolute Gasteiger partial charge is 0.287 e. The Morgan fingerprint density at radius 2 is 1.91 bits per heavy atom. The van der Waals surface area contributed by atoms with Crippen molar-refractivity contribution < 1.29 is 0 Å². The first-order chi connectivity index (χ1) is 11.1. The summed E-state index contributed by atoms with van der Waals surface area (Å²) in [4.78, 5) is 14.7. The van der Waals surface area contributed by atoms with E-state index in [4.69, 9.17) is 23.2 Å². The van der Waals surface area contributed by atoms with Crippen molar-refractivity contribution in [3.05, 3.63) is 56.4 Å². The van der Waals surface area contributed by atoms with Crippen molar-refractivity contribution in [2.24, 2.45) is 5.92 Å². The van der Waals surface area contributed by atoms with Crippen LogP contribution in [0, 0.1) is 5.92 Å². The highest BCUT2D eigenvalue weighted by atomic mass is 35.5. The lowest BCUT2D eigenvalue weighted by atomic mass is 9.99. The molecule has 1 aliphatic rings. The lowest BCUT2D eigenvalue weighted by Crippen LogP contribution is -2.35. The Hall–Kier alpha value is -1.52. The lowest BCUT2D eigenvalue weighted by Gasteiger charge is -2.32. The minimum absolute atomic E-state index is 0.238. The predicted molar refractivity (Wildman–Crippen MR) is 94.7 cm³/mol. The van der Waals surface area contributed by atoms with Crippen LogP contribution in [-0.4, -0.2) is 22.9 Å². The van der Waals surface area contributed by atoms with E-state index in [1.807, 2.05) is 18.2 Å². The molecule has 2 aromatic rings. The molecular weight excluding hydrogens is 333 g/mol. The van der Waals surface area contributed by atoms with Crippen molar-refractivity contribution in [3.8, 4) is 0 Å². The van der Waals surface area contributed by atoms with Gasteiger partial charge in [0.15, 0.2) is 0 Å². The fourth-order valence-electron chi connectivity index (χ4n) is 2.83. The van der Waals surface area contributed by atoms with E-state index in [0.29, 0.717) is 11.6 Å². The molecule has 0 atom stereocenters. The van der Waals surface area contributed by atoms with Gasteiger partial charge in [0.25, 0.3) is 5.56 Å². The molecule has 6 heteroatoms. The fourth-order valence-corrected chi connectivity index (χ4v) is 3.29. The van der Waals surface area contributed by atoms with Crippen LogP contribution in [0.2, 0.25) is 10.0 Å². The average molecular weight is 352 g/mol. The molecule has 1 aromatic carbocycles. The highest BCUT2D eigenvalue weighted by Crippen LogP contribution is 2.26. The van der Waals surface area contributed by atoms with Crippen LogP contribution in [0.1, 0.15) is 25.3 Å². The van der Waals surface area contributed by atoms with Crippen LogP contribution in [0.4, 0.5) is 5.69 Å². The van der Waals surface area contributed by atoms with Gasteiger partial charge in [-0.15, -0.1) is 0 Å². The molecule has 1 aliphatic heterocycles. The Morgan fingerprint density at radius 3 is 2.61 bits per heavy atom. The minimum atomic E-state index is -0.275. The average Bonchev–Trinajstić information content (AvgIpc) is 2.55. The van der Waals surface area contributed by atoms with Crippen LogP contribution in [-0.2, 0) is 6.54 Å². The van der Waals surface area contributed by atoms with Crippen LogP contribution >= 0.6 is 23.2 Å². The number of piperidine rings is 1. The van der Waals surface area contributed by atoms with Crippen molar-refractivity contribution in [1.82, 2.24) is 9.78 Å². The number of benzene rings is 1. The van der Waals surface area contributed by atoms with Gasteiger partial charge in [0, 0.05) is 18.1 Å². The van der Waals surface area contributed by atoms with E-state index in [0.717, 1.165) is 43.1 Å². The van der Waals surface area contributed by atoms with E-state index in [1.54, 1.807) is 12.3 Å². The molecule has 0 aliphatic carbocycles. The summed E-state index contributed by atoms with van der Waals surface area (Å²) < 4.78 is 1.36. The third-order valence-corrected chi connectivity index (χ3v) is 5.09. The summed E-state index contributed by atoms with van der Waals surface area (Å²) in [5.74, 6) is 0.721. The SMILES string of the molecule is CC1CCN(c2cnn(Cc3ccccc3Cl)c(=O)c2Cl)CC1. The Bertz CT molecular complexity index is 752. The fraction of sp³-hybridized carbons (Fsp3) is 0.412. The van der Waals surface area contributed by atoms with Gasteiger partial charge in [0.05, 0.1) is 18.4 Å². The molecule has 0 spiro atoms. The Kier molecular flexibility index (Phi) is 4.93. The number of aromatic nitrogens is 2. The summed E-state index contributed by atoms with van der Waals surface area (Å²) in [6.45, 7) is 4.39. The van der Waals surface area contributed by atoms with Crippen molar-refractivity contribution in [1.29, 1.82) is 0 Å². The molecular formula is C17H19Cl2N3O. The number of nitrogens with zero attached hydrogens (tertiary/aromatic N) is 3. The van der Waals surface area contributed by atoms with Crippen molar-refractivity contribution in [2.75, 3.05) is 18.0 Å². The molecule has 0 amide bonds. The van der Waals surface area contributed by atoms with Crippen LogP contribution in [0.25, 0.3) is 0 Å². The molecule has 0 bridgehead atoms. The van der Waals surface area contributed by atoms with E-state index in [-0.39, 0.29) is 10.6 Å². The molecule has 3 rings (SSSR count). The summed E-state index contributed by atoms with van der Waals surface area (Å²) in [6.07, 6.45) is 3.91. The zero-order valence-electron chi connectivity index (χ0n) is 13.0. The van der Waals surface area contributed by atoms with Crippen molar-refractivity contribution in [2.45, 2.75) is 26.3 Å². The second kappa shape index (κ2) is 6.93. The maximum absolute atomic E-state index is 12.5. The molecule has 2 heterocycles. The van der Waals surface area contributed by atoms with Crippen LogP contribution in [0.3, 0.4) is 0 Å². The van der Waals surface area contributed by atoms with Gasteiger partial charge in [-0.2, -0.15) is 5.10 Å². The van der Waals surface area contributed by atoms with Gasteiger partial charge in [-0.1, -0.05) is 48.3 Å². The van der Waals surface area contributed by atoms with Crippen LogP contribution in [0.5, 0.6) is 0 Å². The number of halogens is 2. The number of hydrogen-bond donors (Lipinski definition) is 0. The second-order valence-electron chi connectivity index (χ2n) is 6.07. The molecule has 0 radical (unpaired) electrons. The van der Waals surface area contributed by atoms with Gasteiger partial charge in [0.2, 0.25) is 0 Å². The van der Waals surface area contributed by atoms with E-state index < -0.39 is 0 Å². The largest absolute Gasteiger partial charge is 0.369 e. The number of anilines is 1. The van der Waals surface area contributed by atoms with Crippen molar-refractivity contribution in [3.63, 3.8) is 0 Å². The molecule has 0 saturated carbocycles. The van der Waals surface area contributed by atoms with Crippen molar-refractivity contribution >= 4 is 28.9 Å². The summed E-state index contributed by atoms with van der Waals surface area (Å²) in [7, 11) is 0. The van der Waals surface area contributed by atoms with Crippen LogP contribution in [0.15, 0.2) is 35.3 Å². The first-order valence-corrected chi connectivity index (χ1v) is 8.56. The number of rotatable bonds is 3. The first-order valence-electron chi connectivity index (χ1n) is 7.80. The summed E-state index contributed by atoms with van der Waals surface area (Å²) in [5, 5.41) is 5.14. The molecule has 0 unspecified atom stereocenters. The van der Waals surface area contributed by atoms with E-state index in [2.05, 4.69) is 16.9 Å². The predicted octanol–water partition coefficient (Wildman–Crippen LogP) is 3.83.